The number of benzene rings is 1. The van der Waals surface area contributed by atoms with Crippen molar-refractivity contribution in [2.45, 2.75) is 25.8 Å². The Kier molecular flexibility index (Phi) is 4.00. The Morgan fingerprint density at radius 1 is 1.35 bits per heavy atom. The first-order valence-corrected chi connectivity index (χ1v) is 6.08. The highest BCUT2D eigenvalue weighted by Gasteiger charge is 2.14. The number of ether oxygens (including phenoxy) is 1. The van der Waals surface area contributed by atoms with Crippen molar-refractivity contribution in [1.29, 1.82) is 5.26 Å². The molecule has 0 N–H and O–H groups in total. The Morgan fingerprint density at radius 2 is 2.12 bits per heavy atom. The summed E-state index contributed by atoms with van der Waals surface area (Å²) in [5.41, 5.74) is 2.27. The smallest absolute Gasteiger partial charge is 0.123 e. The molecule has 0 atom stereocenters. The van der Waals surface area contributed by atoms with E-state index < -0.39 is 0 Å². The molecular weight excluding hydrogens is 212 g/mol. The third kappa shape index (κ3) is 2.98. The normalized spacial score (nSPS) is 15.8. The maximum Gasteiger partial charge on any atom is 0.123 e. The monoisotopic (exact) mass is 230 g/mol. The lowest BCUT2D eigenvalue weighted by Gasteiger charge is -2.17. The van der Waals surface area contributed by atoms with Crippen molar-refractivity contribution in [2.24, 2.45) is 0 Å². The minimum Gasteiger partial charge on any atom is -0.496 e. The maximum atomic E-state index is 8.73. The molecule has 0 bridgehead atoms. The lowest BCUT2D eigenvalue weighted by atomic mass is 10.1. The summed E-state index contributed by atoms with van der Waals surface area (Å²) >= 11 is 0. The predicted molar refractivity (Wildman–Crippen MR) is 66.8 cm³/mol. The summed E-state index contributed by atoms with van der Waals surface area (Å²) in [6.45, 7) is 3.28. The Labute approximate surface area is 103 Å². The quantitative estimate of drug-likeness (QED) is 0.796. The second-order valence-electron chi connectivity index (χ2n) is 4.46. The zero-order valence-electron chi connectivity index (χ0n) is 10.3. The fraction of sp³-hybridized carbons (Fsp3) is 0.500. The van der Waals surface area contributed by atoms with Crippen molar-refractivity contribution in [2.75, 3.05) is 20.2 Å². The highest BCUT2D eigenvalue weighted by atomic mass is 16.5. The molecule has 0 unspecified atom stereocenters. The number of hydrogen-bond acceptors (Lipinski definition) is 3. The molecular formula is C14H18N2O. The molecule has 1 aliphatic heterocycles. The molecule has 0 aliphatic carbocycles. The summed E-state index contributed by atoms with van der Waals surface area (Å²) in [6, 6.07) is 8.22. The van der Waals surface area contributed by atoms with Crippen LogP contribution in [-0.4, -0.2) is 25.1 Å². The lowest BCUT2D eigenvalue weighted by molar-refractivity contribution is 0.321. The molecule has 1 aromatic carbocycles. The van der Waals surface area contributed by atoms with Gasteiger partial charge in [0.15, 0.2) is 0 Å². The number of nitrogens with zero attached hydrogens (tertiary/aromatic N) is 2. The van der Waals surface area contributed by atoms with Gasteiger partial charge in [-0.15, -0.1) is 0 Å². The van der Waals surface area contributed by atoms with E-state index in [0.717, 1.165) is 17.9 Å². The molecule has 17 heavy (non-hydrogen) atoms. The van der Waals surface area contributed by atoms with E-state index in [2.05, 4.69) is 17.0 Å². The van der Waals surface area contributed by atoms with Crippen LogP contribution in [0.5, 0.6) is 5.75 Å². The highest BCUT2D eigenvalue weighted by molar-refractivity contribution is 5.38. The van der Waals surface area contributed by atoms with Crippen LogP contribution in [0.1, 0.15) is 24.0 Å². The van der Waals surface area contributed by atoms with E-state index in [1.54, 1.807) is 7.11 Å². The average molecular weight is 230 g/mol. The van der Waals surface area contributed by atoms with Crippen LogP contribution >= 0.6 is 0 Å². The van der Waals surface area contributed by atoms with Gasteiger partial charge in [-0.2, -0.15) is 5.26 Å². The van der Waals surface area contributed by atoms with Gasteiger partial charge in [-0.25, -0.2) is 0 Å². The first-order chi connectivity index (χ1) is 8.33. The molecule has 1 fully saturated rings. The SMILES string of the molecule is COc1ccc(CC#N)cc1CN1CCCC1. The molecule has 0 aromatic heterocycles. The molecule has 0 radical (unpaired) electrons. The summed E-state index contributed by atoms with van der Waals surface area (Å²) in [7, 11) is 1.70. The maximum absolute atomic E-state index is 8.73. The average Bonchev–Trinajstić information content (AvgIpc) is 2.83. The van der Waals surface area contributed by atoms with Crippen molar-refractivity contribution in [1.82, 2.24) is 4.90 Å². The van der Waals surface area contributed by atoms with E-state index >= 15 is 0 Å². The fourth-order valence-corrected chi connectivity index (χ4v) is 2.34. The van der Waals surface area contributed by atoms with Crippen LogP contribution in [-0.2, 0) is 13.0 Å². The van der Waals surface area contributed by atoms with Crippen LogP contribution in [0, 0.1) is 11.3 Å². The van der Waals surface area contributed by atoms with E-state index in [9.17, 15) is 0 Å². The van der Waals surface area contributed by atoms with E-state index in [4.69, 9.17) is 10.00 Å². The zero-order chi connectivity index (χ0) is 12.1. The Hall–Kier alpha value is -1.53. The Morgan fingerprint density at radius 3 is 2.76 bits per heavy atom. The van der Waals surface area contributed by atoms with Gasteiger partial charge in [-0.3, -0.25) is 4.90 Å². The van der Waals surface area contributed by atoms with Gasteiger partial charge in [0.25, 0.3) is 0 Å². The first kappa shape index (κ1) is 11.9. The van der Waals surface area contributed by atoms with Gasteiger partial charge in [0.1, 0.15) is 5.75 Å². The van der Waals surface area contributed by atoms with E-state index in [-0.39, 0.29) is 0 Å². The van der Waals surface area contributed by atoms with Crippen molar-refractivity contribution in [3.63, 3.8) is 0 Å². The molecule has 3 heteroatoms. The van der Waals surface area contributed by atoms with Crippen molar-refractivity contribution < 1.29 is 4.74 Å². The summed E-state index contributed by atoms with van der Waals surface area (Å²) < 4.78 is 5.38. The molecule has 1 aromatic rings. The number of methoxy groups -OCH3 is 1. The Balaban J connectivity index is 2.16. The minimum atomic E-state index is 0.469. The number of hydrogen-bond donors (Lipinski definition) is 0. The zero-order valence-corrected chi connectivity index (χ0v) is 10.3. The van der Waals surface area contributed by atoms with Gasteiger partial charge < -0.3 is 4.74 Å². The van der Waals surface area contributed by atoms with Crippen molar-refractivity contribution >= 4 is 0 Å². The predicted octanol–water partition coefficient (Wildman–Crippen LogP) is 2.36. The van der Waals surface area contributed by atoms with Crippen molar-refractivity contribution in [3.8, 4) is 11.8 Å². The summed E-state index contributed by atoms with van der Waals surface area (Å²) in [5.74, 6) is 0.929. The largest absolute Gasteiger partial charge is 0.496 e. The van der Waals surface area contributed by atoms with E-state index in [1.807, 2.05) is 12.1 Å². The molecule has 0 amide bonds. The molecule has 90 valence electrons. The minimum absolute atomic E-state index is 0.469. The second-order valence-corrected chi connectivity index (χ2v) is 4.46. The molecule has 1 heterocycles. The third-order valence-electron chi connectivity index (χ3n) is 3.22. The molecule has 0 saturated carbocycles. The van der Waals surface area contributed by atoms with Crippen molar-refractivity contribution in [3.05, 3.63) is 29.3 Å². The van der Waals surface area contributed by atoms with Crippen LogP contribution in [0.2, 0.25) is 0 Å². The van der Waals surface area contributed by atoms with Gasteiger partial charge in [-0.1, -0.05) is 6.07 Å². The second kappa shape index (κ2) is 5.70. The van der Waals surface area contributed by atoms with Gasteiger partial charge in [0.05, 0.1) is 19.6 Å². The number of nitriles is 1. The lowest BCUT2D eigenvalue weighted by Crippen LogP contribution is -2.18. The van der Waals surface area contributed by atoms with E-state index in [1.165, 1.54) is 31.5 Å². The van der Waals surface area contributed by atoms with Crippen LogP contribution in [0.4, 0.5) is 0 Å². The van der Waals surface area contributed by atoms with Crippen LogP contribution in [0.15, 0.2) is 18.2 Å². The highest BCUT2D eigenvalue weighted by Crippen LogP contribution is 2.23. The molecule has 1 aliphatic rings. The number of rotatable bonds is 4. The van der Waals surface area contributed by atoms with Crippen LogP contribution in [0.25, 0.3) is 0 Å². The third-order valence-corrected chi connectivity index (χ3v) is 3.22. The summed E-state index contributed by atoms with van der Waals surface area (Å²) in [4.78, 5) is 2.44. The van der Waals surface area contributed by atoms with Gasteiger partial charge in [0, 0.05) is 12.1 Å². The standard InChI is InChI=1S/C14H18N2O/c1-17-14-5-4-12(6-7-15)10-13(14)11-16-8-2-3-9-16/h4-5,10H,2-3,6,8-9,11H2,1H3. The molecule has 0 spiro atoms. The van der Waals surface area contributed by atoms with Gasteiger partial charge in [0.2, 0.25) is 0 Å². The fourth-order valence-electron chi connectivity index (χ4n) is 2.34. The van der Waals surface area contributed by atoms with E-state index in [0.29, 0.717) is 6.42 Å². The Bertz CT molecular complexity index is 417. The summed E-state index contributed by atoms with van der Waals surface area (Å²) in [6.07, 6.45) is 3.05. The van der Waals surface area contributed by atoms with Gasteiger partial charge in [-0.05, 0) is 43.6 Å². The topological polar surface area (TPSA) is 36.3 Å². The van der Waals surface area contributed by atoms with Crippen LogP contribution in [0.3, 0.4) is 0 Å². The molecule has 1 saturated heterocycles. The summed E-state index contributed by atoms with van der Waals surface area (Å²) in [5, 5.41) is 8.73. The molecule has 3 nitrogen and oxygen atoms in total. The van der Waals surface area contributed by atoms with Crippen LogP contribution < -0.4 is 4.74 Å². The number of likely N-dealkylation sites (tertiary alicyclic amines) is 1. The first-order valence-electron chi connectivity index (χ1n) is 6.08. The molecule has 2 rings (SSSR count). The van der Waals surface area contributed by atoms with Gasteiger partial charge >= 0.3 is 0 Å².